The Balaban J connectivity index is 0.00000150. The molecule has 4 atom stereocenters. The van der Waals surface area contributed by atoms with Crippen LogP contribution < -0.4 is 5.32 Å². The summed E-state index contributed by atoms with van der Waals surface area (Å²) in [6.45, 7) is 4.63. The number of nitrogens with one attached hydrogen (secondary N) is 1. The number of fused-ring (bicyclic) bond motifs is 6. The van der Waals surface area contributed by atoms with Crippen LogP contribution in [0.2, 0.25) is 0 Å². The van der Waals surface area contributed by atoms with Crippen LogP contribution in [0.25, 0.3) is 0 Å². The Kier molecular flexibility index (Phi) is 4.05. The average molecular weight is 378 g/mol. The molecule has 3 heterocycles. The molecule has 1 N–H and O–H groups in total. The number of aromatic nitrogens is 3. The van der Waals surface area contributed by atoms with Gasteiger partial charge in [0.25, 0.3) is 0 Å². The largest absolute Gasteiger partial charge is 0.342 e. The lowest BCUT2D eigenvalue weighted by Crippen LogP contribution is -2.40. The minimum atomic E-state index is 0. The lowest BCUT2D eigenvalue weighted by atomic mass is 9.94. The topological polar surface area (TPSA) is 63.1 Å². The zero-order valence-corrected chi connectivity index (χ0v) is 16.0. The molecule has 7 heteroatoms. The molecule has 3 aliphatic carbocycles. The van der Waals surface area contributed by atoms with Gasteiger partial charge in [-0.3, -0.25) is 4.79 Å². The summed E-state index contributed by atoms with van der Waals surface area (Å²) < 4.78 is 2.31. The molecule has 3 saturated carbocycles. The number of hydrogen-bond acceptors (Lipinski definition) is 4. The number of nitrogens with zero attached hydrogens (tertiary/aromatic N) is 4. The number of carbonyl (C=O) groups is 1. The van der Waals surface area contributed by atoms with E-state index in [1.165, 1.54) is 19.3 Å². The van der Waals surface area contributed by atoms with E-state index < -0.39 is 0 Å². The number of piperidine rings is 1. The summed E-state index contributed by atoms with van der Waals surface area (Å²) in [5.41, 5.74) is 0. The monoisotopic (exact) mass is 377 g/mol. The molecular weight excluding hydrogens is 350 g/mol. The Morgan fingerprint density at radius 1 is 1.00 bits per heavy atom. The fraction of sp³-hybridized carbons (Fsp3) is 0.842. The van der Waals surface area contributed by atoms with Crippen molar-refractivity contribution >= 4 is 18.3 Å². The maximum absolute atomic E-state index is 13.0. The van der Waals surface area contributed by atoms with Crippen molar-refractivity contribution in [3.63, 3.8) is 0 Å². The Morgan fingerprint density at radius 3 is 2.46 bits per heavy atom. The molecule has 1 saturated heterocycles. The van der Waals surface area contributed by atoms with Crippen LogP contribution in [0.15, 0.2) is 0 Å². The van der Waals surface area contributed by atoms with E-state index in [0.717, 1.165) is 80.9 Å². The van der Waals surface area contributed by atoms with Crippen LogP contribution in [0.5, 0.6) is 0 Å². The van der Waals surface area contributed by atoms with Gasteiger partial charge in [-0.1, -0.05) is 0 Å². The second kappa shape index (κ2) is 6.20. The molecule has 6 nitrogen and oxygen atoms in total. The second-order valence-electron chi connectivity index (χ2n) is 8.92. The highest BCUT2D eigenvalue weighted by molar-refractivity contribution is 5.85. The summed E-state index contributed by atoms with van der Waals surface area (Å²) in [7, 11) is 0. The molecule has 0 spiro atoms. The first-order chi connectivity index (χ1) is 12.3. The highest BCUT2D eigenvalue weighted by Crippen LogP contribution is 2.69. The number of hydrogen-bond donors (Lipinski definition) is 1. The summed E-state index contributed by atoms with van der Waals surface area (Å²) in [4.78, 5) is 15.2. The zero-order chi connectivity index (χ0) is 16.5. The molecule has 142 valence electrons. The van der Waals surface area contributed by atoms with Gasteiger partial charge in [-0.05, 0) is 55.8 Å². The van der Waals surface area contributed by atoms with Crippen LogP contribution >= 0.6 is 12.4 Å². The van der Waals surface area contributed by atoms with E-state index in [1.54, 1.807) is 0 Å². The zero-order valence-electron chi connectivity index (χ0n) is 15.1. The SMILES string of the molecule is Cl.O=C(C1C2C3CCC(C3)C12)N1CCC(c2nnc3n2CCNC3)CC1. The first-order valence-electron chi connectivity index (χ1n) is 10.2. The molecule has 2 aliphatic heterocycles. The first kappa shape index (κ1) is 17.0. The fourth-order valence-electron chi connectivity index (χ4n) is 6.64. The van der Waals surface area contributed by atoms with Crippen molar-refractivity contribution < 1.29 is 4.79 Å². The van der Waals surface area contributed by atoms with Crippen molar-refractivity contribution in [2.75, 3.05) is 19.6 Å². The molecule has 26 heavy (non-hydrogen) atoms. The van der Waals surface area contributed by atoms with Gasteiger partial charge in [0.15, 0.2) is 0 Å². The molecule has 5 aliphatic rings. The van der Waals surface area contributed by atoms with Crippen molar-refractivity contribution in [3.8, 4) is 0 Å². The van der Waals surface area contributed by atoms with E-state index in [-0.39, 0.29) is 12.4 Å². The van der Waals surface area contributed by atoms with Crippen molar-refractivity contribution in [2.45, 2.75) is 51.1 Å². The predicted molar refractivity (Wildman–Crippen MR) is 98.8 cm³/mol. The number of rotatable bonds is 2. The molecule has 6 rings (SSSR count). The smallest absolute Gasteiger partial charge is 0.226 e. The van der Waals surface area contributed by atoms with Crippen LogP contribution in [0.4, 0.5) is 0 Å². The summed E-state index contributed by atoms with van der Waals surface area (Å²) in [6.07, 6.45) is 6.31. The summed E-state index contributed by atoms with van der Waals surface area (Å²) in [5.74, 6) is 6.88. The molecular formula is C19H28ClN5O. The van der Waals surface area contributed by atoms with E-state index in [9.17, 15) is 4.79 Å². The van der Waals surface area contributed by atoms with Gasteiger partial charge in [0.2, 0.25) is 5.91 Å². The molecule has 4 unspecified atom stereocenters. The van der Waals surface area contributed by atoms with Gasteiger partial charge in [-0.25, -0.2) is 0 Å². The van der Waals surface area contributed by atoms with Crippen LogP contribution in [-0.4, -0.2) is 45.2 Å². The lowest BCUT2D eigenvalue weighted by Gasteiger charge is -2.32. The minimum absolute atomic E-state index is 0. The van der Waals surface area contributed by atoms with Crippen LogP contribution in [0.3, 0.4) is 0 Å². The third-order valence-corrected chi connectivity index (χ3v) is 7.84. The summed E-state index contributed by atoms with van der Waals surface area (Å²) >= 11 is 0. The van der Waals surface area contributed by atoms with Crippen LogP contribution in [0, 0.1) is 29.6 Å². The molecule has 0 radical (unpaired) electrons. The van der Waals surface area contributed by atoms with Gasteiger partial charge < -0.3 is 14.8 Å². The third kappa shape index (κ3) is 2.37. The van der Waals surface area contributed by atoms with E-state index in [4.69, 9.17) is 0 Å². The molecule has 0 aromatic carbocycles. The Hall–Kier alpha value is -1.14. The maximum Gasteiger partial charge on any atom is 0.226 e. The van der Waals surface area contributed by atoms with Crippen molar-refractivity contribution in [3.05, 3.63) is 11.6 Å². The first-order valence-corrected chi connectivity index (χ1v) is 10.2. The average Bonchev–Trinajstić information content (AvgIpc) is 3.00. The van der Waals surface area contributed by atoms with Crippen LogP contribution in [-0.2, 0) is 17.9 Å². The van der Waals surface area contributed by atoms with Gasteiger partial charge in [0.1, 0.15) is 11.6 Å². The second-order valence-corrected chi connectivity index (χ2v) is 8.92. The highest BCUT2D eigenvalue weighted by atomic mass is 35.5. The van der Waals surface area contributed by atoms with E-state index in [1.807, 2.05) is 0 Å². The predicted octanol–water partition coefficient (Wildman–Crippen LogP) is 1.80. The number of halogens is 1. The van der Waals surface area contributed by atoms with Gasteiger partial charge in [-0.2, -0.15) is 0 Å². The Morgan fingerprint density at radius 2 is 1.73 bits per heavy atom. The molecule has 1 aromatic rings. The highest BCUT2D eigenvalue weighted by Gasteiger charge is 2.68. The molecule has 2 bridgehead atoms. The van der Waals surface area contributed by atoms with Gasteiger partial charge in [0, 0.05) is 38.0 Å². The van der Waals surface area contributed by atoms with Crippen LogP contribution in [0.1, 0.15) is 49.7 Å². The number of amides is 1. The number of carbonyl (C=O) groups excluding carboxylic acids is 1. The minimum Gasteiger partial charge on any atom is -0.342 e. The standard InChI is InChI=1S/C19H27N5O.ClH/c25-19(17-15-12-1-2-13(9-12)16(15)17)23-6-3-11(4-7-23)18-22-21-14-10-20-5-8-24(14)18;/h11-13,15-17,20H,1-10H2;1H. The van der Waals surface area contributed by atoms with Gasteiger partial charge in [0.05, 0.1) is 6.54 Å². The Labute approximate surface area is 160 Å². The normalized spacial score (nSPS) is 37.8. The quantitative estimate of drug-likeness (QED) is 0.853. The molecule has 1 amide bonds. The van der Waals surface area contributed by atoms with E-state index in [0.29, 0.717) is 17.7 Å². The summed E-state index contributed by atoms with van der Waals surface area (Å²) in [5, 5.41) is 12.2. The Bertz CT molecular complexity index is 697. The van der Waals surface area contributed by atoms with Crippen molar-refractivity contribution in [2.24, 2.45) is 29.6 Å². The maximum atomic E-state index is 13.0. The number of likely N-dealkylation sites (tertiary alicyclic amines) is 1. The van der Waals surface area contributed by atoms with Gasteiger partial charge >= 0.3 is 0 Å². The third-order valence-electron chi connectivity index (χ3n) is 7.84. The molecule has 4 fully saturated rings. The lowest BCUT2D eigenvalue weighted by molar-refractivity contribution is -0.134. The van der Waals surface area contributed by atoms with Crippen molar-refractivity contribution in [1.29, 1.82) is 0 Å². The van der Waals surface area contributed by atoms with Crippen molar-refractivity contribution in [1.82, 2.24) is 25.0 Å². The fourth-order valence-corrected chi connectivity index (χ4v) is 6.64. The van der Waals surface area contributed by atoms with Gasteiger partial charge in [-0.15, -0.1) is 22.6 Å². The van der Waals surface area contributed by atoms with E-state index >= 15 is 0 Å². The van der Waals surface area contributed by atoms with E-state index in [2.05, 4.69) is 25.0 Å². The molecule has 1 aromatic heterocycles. The summed E-state index contributed by atoms with van der Waals surface area (Å²) in [6, 6.07) is 0.